The number of benzene rings is 1. The molecular weight excluding hydrogens is 342 g/mol. The number of methoxy groups -OCH3 is 1. The fraction of sp³-hybridized carbons (Fsp3) is 0.250. The topological polar surface area (TPSA) is 81.1 Å². The Morgan fingerprint density at radius 2 is 1.89 bits per heavy atom. The minimum Gasteiger partial charge on any atom is -0.481 e. The summed E-state index contributed by atoms with van der Waals surface area (Å²) in [6.45, 7) is 4.03. The number of carbonyl (C=O) groups is 1. The van der Waals surface area contributed by atoms with Crippen molar-refractivity contribution in [2.45, 2.75) is 26.7 Å². The highest BCUT2D eigenvalue weighted by molar-refractivity contribution is 6.00. The molecule has 2 N–H and O–H groups in total. The van der Waals surface area contributed by atoms with Crippen LogP contribution in [0.2, 0.25) is 0 Å². The number of urea groups is 1. The lowest BCUT2D eigenvalue weighted by Gasteiger charge is -2.14. The summed E-state index contributed by atoms with van der Waals surface area (Å²) in [7, 11) is 1.56. The van der Waals surface area contributed by atoms with Gasteiger partial charge in [0, 0.05) is 24.4 Å². The van der Waals surface area contributed by atoms with Crippen molar-refractivity contribution in [3.05, 3.63) is 60.2 Å². The summed E-state index contributed by atoms with van der Waals surface area (Å²) in [5.41, 5.74) is 2.17. The van der Waals surface area contributed by atoms with E-state index in [0.29, 0.717) is 23.1 Å². The first-order valence-corrected chi connectivity index (χ1v) is 8.84. The number of ether oxygens (including phenoxy) is 1. The second kappa shape index (κ2) is 8.35. The lowest BCUT2D eigenvalue weighted by Crippen LogP contribution is -2.21. The Kier molecular flexibility index (Phi) is 5.71. The van der Waals surface area contributed by atoms with Gasteiger partial charge in [-0.05, 0) is 31.5 Å². The molecule has 0 fully saturated rings. The second-order valence-corrected chi connectivity index (χ2v) is 6.09. The lowest BCUT2D eigenvalue weighted by molar-refractivity contribution is 0.262. The lowest BCUT2D eigenvalue weighted by atomic mass is 10.3. The normalized spacial score (nSPS) is 10.5. The van der Waals surface area contributed by atoms with Gasteiger partial charge in [0.05, 0.1) is 18.5 Å². The number of pyridine rings is 1. The predicted molar refractivity (Wildman–Crippen MR) is 106 cm³/mol. The molecule has 0 aliphatic heterocycles. The summed E-state index contributed by atoms with van der Waals surface area (Å²) >= 11 is 0. The van der Waals surface area contributed by atoms with Gasteiger partial charge >= 0.3 is 6.03 Å². The third-order valence-electron chi connectivity index (χ3n) is 3.94. The molecule has 0 atom stereocenters. The molecule has 2 heterocycles. The van der Waals surface area contributed by atoms with Crippen LogP contribution in [0.25, 0.3) is 5.82 Å². The number of aryl methyl sites for hydroxylation is 2. The molecule has 0 unspecified atom stereocenters. The molecule has 0 saturated heterocycles. The van der Waals surface area contributed by atoms with Crippen molar-refractivity contribution in [1.29, 1.82) is 0 Å². The summed E-state index contributed by atoms with van der Waals surface area (Å²) in [6.07, 6.45) is 3.67. The summed E-state index contributed by atoms with van der Waals surface area (Å²) in [5.74, 6) is 1.93. The van der Waals surface area contributed by atoms with E-state index < -0.39 is 0 Å². The Morgan fingerprint density at radius 1 is 1.11 bits per heavy atom. The highest BCUT2D eigenvalue weighted by Gasteiger charge is 2.15. The van der Waals surface area contributed by atoms with E-state index in [1.807, 2.05) is 48.0 Å². The number of aromatic nitrogens is 3. The zero-order valence-corrected chi connectivity index (χ0v) is 15.7. The first kappa shape index (κ1) is 18.4. The number of anilines is 2. The summed E-state index contributed by atoms with van der Waals surface area (Å²) in [6, 6.07) is 12.4. The van der Waals surface area contributed by atoms with E-state index in [9.17, 15) is 4.79 Å². The average molecular weight is 365 g/mol. The summed E-state index contributed by atoms with van der Waals surface area (Å²) in [5, 5.41) is 5.68. The Morgan fingerprint density at radius 3 is 2.59 bits per heavy atom. The number of imidazole rings is 1. The molecule has 0 bridgehead atoms. The molecule has 27 heavy (non-hydrogen) atoms. The van der Waals surface area contributed by atoms with Gasteiger partial charge in [-0.1, -0.05) is 25.1 Å². The SMILES string of the molecule is CCCc1nc(C)cn1-c1nc(OC)ccc1NC(=O)Nc1ccccc1. The van der Waals surface area contributed by atoms with E-state index >= 15 is 0 Å². The van der Waals surface area contributed by atoms with Crippen LogP contribution in [-0.2, 0) is 6.42 Å². The number of hydrogen-bond acceptors (Lipinski definition) is 4. The number of amides is 2. The van der Waals surface area contributed by atoms with Crippen LogP contribution in [0.3, 0.4) is 0 Å². The van der Waals surface area contributed by atoms with E-state index in [4.69, 9.17) is 4.74 Å². The fourth-order valence-electron chi connectivity index (χ4n) is 2.76. The molecule has 0 saturated carbocycles. The molecule has 7 heteroatoms. The van der Waals surface area contributed by atoms with Gasteiger partial charge in [0.2, 0.25) is 5.88 Å². The van der Waals surface area contributed by atoms with E-state index in [-0.39, 0.29) is 6.03 Å². The molecule has 0 aliphatic rings. The van der Waals surface area contributed by atoms with Crippen LogP contribution < -0.4 is 15.4 Å². The van der Waals surface area contributed by atoms with Crippen molar-refractivity contribution < 1.29 is 9.53 Å². The third kappa shape index (κ3) is 4.44. The van der Waals surface area contributed by atoms with Gasteiger partial charge < -0.3 is 15.4 Å². The molecule has 0 aliphatic carbocycles. The maximum absolute atomic E-state index is 12.4. The molecule has 2 amide bonds. The van der Waals surface area contributed by atoms with Crippen molar-refractivity contribution >= 4 is 17.4 Å². The van der Waals surface area contributed by atoms with E-state index in [1.54, 1.807) is 19.2 Å². The molecule has 140 valence electrons. The van der Waals surface area contributed by atoms with E-state index in [2.05, 4.69) is 27.5 Å². The van der Waals surface area contributed by atoms with Gasteiger partial charge in [0.25, 0.3) is 0 Å². The number of para-hydroxylation sites is 1. The molecule has 0 spiro atoms. The second-order valence-electron chi connectivity index (χ2n) is 6.09. The van der Waals surface area contributed by atoms with E-state index in [1.165, 1.54) is 0 Å². The smallest absolute Gasteiger partial charge is 0.323 e. The molecule has 2 aromatic heterocycles. The highest BCUT2D eigenvalue weighted by Crippen LogP contribution is 2.24. The maximum Gasteiger partial charge on any atom is 0.323 e. The fourth-order valence-corrected chi connectivity index (χ4v) is 2.76. The van der Waals surface area contributed by atoms with Gasteiger partial charge in [0.1, 0.15) is 5.82 Å². The maximum atomic E-state index is 12.4. The van der Waals surface area contributed by atoms with Crippen LogP contribution in [0, 0.1) is 6.92 Å². The first-order chi connectivity index (χ1) is 13.1. The Balaban J connectivity index is 1.93. The number of hydrogen-bond donors (Lipinski definition) is 2. The zero-order chi connectivity index (χ0) is 19.2. The monoisotopic (exact) mass is 365 g/mol. The highest BCUT2D eigenvalue weighted by atomic mass is 16.5. The largest absolute Gasteiger partial charge is 0.481 e. The van der Waals surface area contributed by atoms with Gasteiger partial charge in [-0.25, -0.2) is 9.78 Å². The minimum absolute atomic E-state index is 0.344. The molecule has 7 nitrogen and oxygen atoms in total. The van der Waals surface area contributed by atoms with Crippen molar-refractivity contribution in [3.8, 4) is 11.7 Å². The standard InChI is InChI=1S/C20H23N5O2/c1-4-8-17-21-14(2)13-25(17)19-16(11-12-18(24-19)27-3)23-20(26)22-15-9-6-5-7-10-15/h5-7,9-13H,4,8H2,1-3H3,(H2,22,23,26). The van der Waals surface area contributed by atoms with Crippen LogP contribution in [0.1, 0.15) is 24.9 Å². The molecule has 1 aromatic carbocycles. The van der Waals surface area contributed by atoms with E-state index in [0.717, 1.165) is 24.4 Å². The molecule has 3 aromatic rings. The number of rotatable bonds is 6. The quantitative estimate of drug-likeness (QED) is 0.687. The van der Waals surface area contributed by atoms with Gasteiger partial charge in [0.15, 0.2) is 5.82 Å². The van der Waals surface area contributed by atoms with Crippen molar-refractivity contribution in [3.63, 3.8) is 0 Å². The van der Waals surface area contributed by atoms with Crippen LogP contribution in [0.4, 0.5) is 16.2 Å². The predicted octanol–water partition coefficient (Wildman–Crippen LogP) is 4.18. The minimum atomic E-state index is -0.344. The van der Waals surface area contributed by atoms with Crippen LogP contribution in [0.15, 0.2) is 48.7 Å². The number of carbonyl (C=O) groups excluding carboxylic acids is 1. The third-order valence-corrected chi connectivity index (χ3v) is 3.94. The van der Waals surface area contributed by atoms with Crippen molar-refractivity contribution in [2.24, 2.45) is 0 Å². The molecule has 0 radical (unpaired) electrons. The van der Waals surface area contributed by atoms with Gasteiger partial charge in [-0.15, -0.1) is 0 Å². The molecular formula is C20H23N5O2. The average Bonchev–Trinajstić information content (AvgIpc) is 3.03. The van der Waals surface area contributed by atoms with Crippen LogP contribution in [0.5, 0.6) is 5.88 Å². The van der Waals surface area contributed by atoms with Crippen molar-refractivity contribution in [1.82, 2.24) is 14.5 Å². The number of nitrogens with zero attached hydrogens (tertiary/aromatic N) is 3. The van der Waals surface area contributed by atoms with Crippen molar-refractivity contribution in [2.75, 3.05) is 17.7 Å². The van der Waals surface area contributed by atoms with Crippen LogP contribution >= 0.6 is 0 Å². The number of nitrogens with one attached hydrogen (secondary N) is 2. The first-order valence-electron chi connectivity index (χ1n) is 8.84. The zero-order valence-electron chi connectivity index (χ0n) is 15.7. The summed E-state index contributed by atoms with van der Waals surface area (Å²) < 4.78 is 7.17. The van der Waals surface area contributed by atoms with Crippen LogP contribution in [-0.4, -0.2) is 27.7 Å². The van der Waals surface area contributed by atoms with Gasteiger partial charge in [-0.3, -0.25) is 4.57 Å². The Bertz CT molecular complexity index is 921. The Hall–Kier alpha value is -3.35. The van der Waals surface area contributed by atoms with Gasteiger partial charge in [-0.2, -0.15) is 4.98 Å². The molecule has 3 rings (SSSR count). The Labute approximate surface area is 158 Å². The summed E-state index contributed by atoms with van der Waals surface area (Å²) in [4.78, 5) is 21.5.